The van der Waals surface area contributed by atoms with Crippen molar-refractivity contribution in [2.45, 2.75) is 31.0 Å². The van der Waals surface area contributed by atoms with Crippen LogP contribution in [0.25, 0.3) is 0 Å². The van der Waals surface area contributed by atoms with Gasteiger partial charge in [-0.15, -0.1) is 0 Å². The number of halogens is 1. The van der Waals surface area contributed by atoms with Gasteiger partial charge in [-0.05, 0) is 30.4 Å². The van der Waals surface area contributed by atoms with Crippen molar-refractivity contribution < 1.29 is 19.4 Å². The Morgan fingerprint density at radius 1 is 1.52 bits per heavy atom. The lowest BCUT2D eigenvalue weighted by Gasteiger charge is -2.37. The molecule has 2 atom stereocenters. The van der Waals surface area contributed by atoms with E-state index in [0.717, 1.165) is 35.2 Å². The second-order valence-corrected chi connectivity index (χ2v) is 7.53. The Labute approximate surface area is 136 Å². The zero-order valence-corrected chi connectivity index (χ0v) is 13.9. The lowest BCUT2D eigenvalue weighted by molar-refractivity contribution is -0.0959. The lowest BCUT2D eigenvalue weighted by Crippen LogP contribution is -2.44. The minimum Gasteiger partial charge on any atom is -0.489 e. The van der Waals surface area contributed by atoms with Gasteiger partial charge in [-0.3, -0.25) is 0 Å². The second kappa shape index (κ2) is 6.18. The first kappa shape index (κ1) is 15.2. The maximum absolute atomic E-state index is 11.3. The Hall–Kier alpha value is -0.720. The predicted octanol–water partition coefficient (Wildman–Crippen LogP) is 3.58. The van der Waals surface area contributed by atoms with Crippen LogP contribution in [-0.4, -0.2) is 40.9 Å². The minimum atomic E-state index is -0.962. The maximum Gasteiger partial charge on any atom is 0.339 e. The monoisotopic (exact) mass is 372 g/mol. The molecule has 3 rings (SSSR count). The van der Waals surface area contributed by atoms with Crippen LogP contribution in [0.1, 0.15) is 29.6 Å². The van der Waals surface area contributed by atoms with Crippen molar-refractivity contribution in [1.82, 2.24) is 0 Å². The van der Waals surface area contributed by atoms with E-state index in [2.05, 4.69) is 15.9 Å². The number of hydrogen-bond acceptors (Lipinski definition) is 4. The normalized spacial score (nSPS) is 28.7. The Balaban J connectivity index is 1.77. The van der Waals surface area contributed by atoms with Crippen LogP contribution < -0.4 is 4.74 Å². The van der Waals surface area contributed by atoms with Gasteiger partial charge in [-0.2, -0.15) is 11.8 Å². The van der Waals surface area contributed by atoms with Crippen molar-refractivity contribution in [3.8, 4) is 5.75 Å². The van der Waals surface area contributed by atoms with Crippen LogP contribution in [0, 0.1) is 0 Å². The number of carboxylic acid groups (broad SMARTS) is 1. The molecule has 6 heteroatoms. The van der Waals surface area contributed by atoms with Gasteiger partial charge in [0.15, 0.2) is 0 Å². The molecule has 2 aliphatic heterocycles. The van der Waals surface area contributed by atoms with E-state index in [0.29, 0.717) is 12.4 Å². The third kappa shape index (κ3) is 3.38. The first-order chi connectivity index (χ1) is 10.1. The molecule has 1 aromatic carbocycles. The van der Waals surface area contributed by atoms with Gasteiger partial charge in [0.1, 0.15) is 17.4 Å². The molecule has 21 heavy (non-hydrogen) atoms. The number of carbonyl (C=O) groups is 1. The summed E-state index contributed by atoms with van der Waals surface area (Å²) < 4.78 is 12.8. The van der Waals surface area contributed by atoms with Crippen molar-refractivity contribution in [2.75, 3.05) is 18.1 Å². The summed E-state index contributed by atoms with van der Waals surface area (Å²) in [6, 6.07) is 5.02. The average Bonchev–Trinajstić information content (AvgIpc) is 2.86. The van der Waals surface area contributed by atoms with Crippen LogP contribution in [0.4, 0.5) is 0 Å². The zero-order chi connectivity index (χ0) is 14.9. The van der Waals surface area contributed by atoms with E-state index < -0.39 is 5.97 Å². The molecule has 0 saturated carbocycles. The third-order valence-corrected chi connectivity index (χ3v) is 5.70. The maximum atomic E-state index is 11.3. The highest BCUT2D eigenvalue weighted by molar-refractivity contribution is 9.10. The summed E-state index contributed by atoms with van der Waals surface area (Å²) in [4.78, 5) is 11.3. The Morgan fingerprint density at radius 3 is 3.10 bits per heavy atom. The molecule has 2 saturated heterocycles. The summed E-state index contributed by atoms with van der Waals surface area (Å²) in [5, 5.41) is 9.27. The first-order valence-corrected chi connectivity index (χ1v) is 8.94. The van der Waals surface area contributed by atoms with Crippen molar-refractivity contribution in [2.24, 2.45) is 0 Å². The molecule has 0 bridgehead atoms. The van der Waals surface area contributed by atoms with E-state index in [-0.39, 0.29) is 17.3 Å². The van der Waals surface area contributed by atoms with Crippen LogP contribution in [0.2, 0.25) is 0 Å². The number of ether oxygens (including phenoxy) is 2. The largest absolute Gasteiger partial charge is 0.489 e. The molecule has 4 nitrogen and oxygen atoms in total. The van der Waals surface area contributed by atoms with E-state index in [1.165, 1.54) is 0 Å². The van der Waals surface area contributed by atoms with Gasteiger partial charge in [0.2, 0.25) is 0 Å². The van der Waals surface area contributed by atoms with Crippen LogP contribution in [0.5, 0.6) is 5.75 Å². The number of rotatable bonds is 3. The van der Waals surface area contributed by atoms with Gasteiger partial charge in [-0.25, -0.2) is 4.79 Å². The predicted molar refractivity (Wildman–Crippen MR) is 85.4 cm³/mol. The van der Waals surface area contributed by atoms with Gasteiger partial charge in [0.05, 0.1) is 12.2 Å². The molecule has 1 N–H and O–H groups in total. The molecule has 0 radical (unpaired) electrons. The lowest BCUT2D eigenvalue weighted by atomic mass is 9.91. The third-order valence-electron chi connectivity index (χ3n) is 3.98. The molecule has 0 amide bonds. The fraction of sp³-hybridized carbons (Fsp3) is 0.533. The fourth-order valence-corrected chi connectivity index (χ4v) is 4.61. The minimum absolute atomic E-state index is 0.0184. The molecule has 1 aromatic rings. The van der Waals surface area contributed by atoms with E-state index in [9.17, 15) is 9.90 Å². The van der Waals surface area contributed by atoms with Crippen LogP contribution in [0.3, 0.4) is 0 Å². The van der Waals surface area contributed by atoms with E-state index in [1.807, 2.05) is 11.8 Å². The van der Waals surface area contributed by atoms with Crippen molar-refractivity contribution in [1.29, 1.82) is 0 Å². The molecular formula is C15H17BrO4S. The number of hydrogen-bond donors (Lipinski definition) is 1. The van der Waals surface area contributed by atoms with Crippen molar-refractivity contribution in [3.63, 3.8) is 0 Å². The molecule has 114 valence electrons. The Kier molecular flexibility index (Phi) is 4.47. The Morgan fingerprint density at radius 2 is 2.38 bits per heavy atom. The number of thioether (sulfide) groups is 1. The van der Waals surface area contributed by atoms with Gasteiger partial charge in [0, 0.05) is 23.1 Å². The molecule has 0 aliphatic carbocycles. The molecule has 2 aliphatic rings. The molecule has 2 heterocycles. The van der Waals surface area contributed by atoms with Gasteiger partial charge in [0.25, 0.3) is 0 Å². The van der Waals surface area contributed by atoms with E-state index in [4.69, 9.17) is 9.47 Å². The van der Waals surface area contributed by atoms with Crippen LogP contribution in [-0.2, 0) is 4.74 Å². The second-order valence-electron chi connectivity index (χ2n) is 5.51. The first-order valence-electron chi connectivity index (χ1n) is 6.99. The summed E-state index contributed by atoms with van der Waals surface area (Å²) >= 11 is 5.29. The summed E-state index contributed by atoms with van der Waals surface area (Å²) in [7, 11) is 0. The summed E-state index contributed by atoms with van der Waals surface area (Å²) in [6.45, 7) is 0.682. The van der Waals surface area contributed by atoms with Crippen molar-refractivity contribution >= 4 is 33.7 Å². The highest BCUT2D eigenvalue weighted by Gasteiger charge is 2.41. The van der Waals surface area contributed by atoms with E-state index in [1.54, 1.807) is 18.2 Å². The molecule has 0 aromatic heterocycles. The van der Waals surface area contributed by atoms with Crippen LogP contribution >= 0.6 is 27.7 Å². The highest BCUT2D eigenvalue weighted by atomic mass is 79.9. The van der Waals surface area contributed by atoms with E-state index >= 15 is 0 Å². The summed E-state index contributed by atoms with van der Waals surface area (Å²) in [6.07, 6.45) is 2.72. The van der Waals surface area contributed by atoms with Crippen molar-refractivity contribution in [3.05, 3.63) is 28.2 Å². The number of carboxylic acids is 1. The molecule has 2 unspecified atom stereocenters. The topological polar surface area (TPSA) is 55.8 Å². The zero-order valence-electron chi connectivity index (χ0n) is 11.5. The SMILES string of the molecule is O=C(O)c1ccc(Br)cc1OC1CCOC2(CCSC2)C1. The summed E-state index contributed by atoms with van der Waals surface area (Å²) in [5.41, 5.74) is 0.141. The van der Waals surface area contributed by atoms with Gasteiger partial charge < -0.3 is 14.6 Å². The number of benzene rings is 1. The fourth-order valence-electron chi connectivity index (χ4n) is 2.90. The number of aromatic carboxylic acids is 1. The molecule has 1 spiro atoms. The quantitative estimate of drug-likeness (QED) is 0.878. The average molecular weight is 373 g/mol. The smallest absolute Gasteiger partial charge is 0.339 e. The highest BCUT2D eigenvalue weighted by Crippen LogP contribution is 2.39. The molecule has 2 fully saturated rings. The standard InChI is InChI=1S/C15H17BrO4S/c16-10-1-2-12(14(17)18)13(7-10)20-11-3-5-19-15(8-11)4-6-21-9-15/h1-2,7,11H,3-6,8-9H2,(H,17,18). The van der Waals surface area contributed by atoms with Gasteiger partial charge >= 0.3 is 5.97 Å². The van der Waals surface area contributed by atoms with Crippen LogP contribution in [0.15, 0.2) is 22.7 Å². The molecular weight excluding hydrogens is 356 g/mol. The van der Waals surface area contributed by atoms with Gasteiger partial charge in [-0.1, -0.05) is 15.9 Å². The Bertz CT molecular complexity index is 542. The summed E-state index contributed by atoms with van der Waals surface area (Å²) in [5.74, 6) is 1.61.